The number of allylic oxidation sites excluding steroid dienone is 4. The summed E-state index contributed by atoms with van der Waals surface area (Å²) in [5.41, 5.74) is -0.865. The quantitative estimate of drug-likeness (QED) is 0.389. The Morgan fingerprint density at radius 3 is 2.85 bits per heavy atom. The predicted molar refractivity (Wildman–Crippen MR) is 47.8 cm³/mol. The van der Waals surface area contributed by atoms with Crippen molar-refractivity contribution < 1.29 is 9.72 Å². The Labute approximate surface area is 80.0 Å². The zero-order valence-corrected chi connectivity index (χ0v) is 7.75. The molecule has 0 aliphatic heterocycles. The first-order chi connectivity index (χ1) is 5.97. The molecular weight excluding hydrogens is 194 g/mol. The van der Waals surface area contributed by atoms with E-state index in [0.29, 0.717) is 6.29 Å². The highest BCUT2D eigenvalue weighted by molar-refractivity contribution is 6.31. The van der Waals surface area contributed by atoms with Crippen molar-refractivity contribution >= 4 is 17.9 Å². The predicted octanol–water partition coefficient (Wildman–Crippen LogP) is 1.88. The van der Waals surface area contributed by atoms with Crippen molar-refractivity contribution in [2.75, 3.05) is 0 Å². The van der Waals surface area contributed by atoms with Crippen molar-refractivity contribution in [1.29, 1.82) is 0 Å². The third kappa shape index (κ3) is 2.15. The van der Waals surface area contributed by atoms with Crippen molar-refractivity contribution in [3.63, 3.8) is 0 Å². The molecule has 1 rings (SSSR count). The Balaban J connectivity index is 3.03. The van der Waals surface area contributed by atoms with Crippen LogP contribution in [0.1, 0.15) is 13.3 Å². The van der Waals surface area contributed by atoms with Crippen LogP contribution in [0.2, 0.25) is 0 Å². The Kier molecular flexibility index (Phi) is 2.52. The Hall–Kier alpha value is -1.16. The highest BCUT2D eigenvalue weighted by Crippen LogP contribution is 2.33. The molecule has 0 aromatic rings. The van der Waals surface area contributed by atoms with Crippen molar-refractivity contribution in [2.24, 2.45) is 5.41 Å². The highest BCUT2D eigenvalue weighted by atomic mass is 35.5. The summed E-state index contributed by atoms with van der Waals surface area (Å²) in [4.78, 5) is 20.6. The van der Waals surface area contributed by atoms with Gasteiger partial charge in [-0.05, 0) is 6.92 Å². The molecule has 1 atom stereocenters. The van der Waals surface area contributed by atoms with E-state index < -0.39 is 10.3 Å². The number of halogens is 1. The van der Waals surface area contributed by atoms with Crippen molar-refractivity contribution in [3.8, 4) is 0 Å². The van der Waals surface area contributed by atoms with E-state index in [1.165, 1.54) is 12.2 Å². The lowest BCUT2D eigenvalue weighted by molar-refractivity contribution is -0.429. The molecule has 0 heterocycles. The second kappa shape index (κ2) is 3.30. The van der Waals surface area contributed by atoms with Gasteiger partial charge in [0.2, 0.25) is 5.70 Å². The van der Waals surface area contributed by atoms with Crippen LogP contribution in [-0.4, -0.2) is 11.2 Å². The van der Waals surface area contributed by atoms with E-state index in [1.54, 1.807) is 6.92 Å². The summed E-state index contributed by atoms with van der Waals surface area (Å²) in [6, 6.07) is 0. The van der Waals surface area contributed by atoms with Crippen LogP contribution in [0.5, 0.6) is 0 Å². The topological polar surface area (TPSA) is 60.2 Å². The average molecular weight is 202 g/mol. The molecule has 1 aliphatic rings. The van der Waals surface area contributed by atoms with Crippen LogP contribution in [0.3, 0.4) is 0 Å². The highest BCUT2D eigenvalue weighted by Gasteiger charge is 2.31. The van der Waals surface area contributed by atoms with Gasteiger partial charge in [-0.1, -0.05) is 17.7 Å². The molecule has 1 aliphatic carbocycles. The summed E-state index contributed by atoms with van der Waals surface area (Å²) in [6.45, 7) is 1.61. The number of nitrogens with zero attached hydrogens (tertiary/aromatic N) is 1. The zero-order valence-electron chi connectivity index (χ0n) is 6.99. The molecule has 0 aromatic carbocycles. The van der Waals surface area contributed by atoms with E-state index in [2.05, 4.69) is 0 Å². The maximum absolute atomic E-state index is 10.6. The van der Waals surface area contributed by atoms with Crippen molar-refractivity contribution in [3.05, 3.63) is 33.0 Å². The Morgan fingerprint density at radius 2 is 2.38 bits per heavy atom. The SMILES string of the molecule is CC1(C=O)C=C(Cl)C=C([N+](=O)[O-])C1. The van der Waals surface area contributed by atoms with E-state index in [4.69, 9.17) is 11.6 Å². The molecule has 1 unspecified atom stereocenters. The fourth-order valence-corrected chi connectivity index (χ4v) is 1.58. The smallest absolute Gasteiger partial charge is 0.249 e. The molecule has 0 radical (unpaired) electrons. The maximum atomic E-state index is 10.6. The second-order valence-corrected chi connectivity index (χ2v) is 3.66. The van der Waals surface area contributed by atoms with Gasteiger partial charge in [-0.15, -0.1) is 0 Å². The van der Waals surface area contributed by atoms with Crippen LogP contribution in [0.15, 0.2) is 22.9 Å². The normalized spacial score (nSPS) is 27.5. The molecule has 70 valence electrons. The Bertz CT molecular complexity index is 321. The first kappa shape index (κ1) is 9.92. The van der Waals surface area contributed by atoms with Gasteiger partial charge in [-0.25, -0.2) is 0 Å². The number of aldehydes is 1. The molecule has 0 fully saturated rings. The third-order valence-corrected chi connectivity index (χ3v) is 2.06. The maximum Gasteiger partial charge on any atom is 0.249 e. The first-order valence-corrected chi connectivity index (χ1v) is 4.04. The van der Waals surface area contributed by atoms with Crippen LogP contribution in [-0.2, 0) is 4.79 Å². The lowest BCUT2D eigenvalue weighted by Crippen LogP contribution is -2.21. The summed E-state index contributed by atoms with van der Waals surface area (Å²) in [5, 5.41) is 10.7. The molecule has 4 nitrogen and oxygen atoms in total. The summed E-state index contributed by atoms with van der Waals surface area (Å²) in [6.07, 6.45) is 3.56. The van der Waals surface area contributed by atoms with Crippen molar-refractivity contribution in [2.45, 2.75) is 13.3 Å². The molecular formula is C8H8ClNO3. The summed E-state index contributed by atoms with van der Waals surface area (Å²) >= 11 is 5.64. The van der Waals surface area contributed by atoms with E-state index in [0.717, 1.165) is 0 Å². The number of carbonyl (C=O) groups excluding carboxylic acids is 1. The molecule has 0 N–H and O–H groups in total. The van der Waals surface area contributed by atoms with Crippen LogP contribution in [0.4, 0.5) is 0 Å². The molecule has 0 saturated carbocycles. The average Bonchev–Trinajstić information content (AvgIpc) is 2.03. The fourth-order valence-electron chi connectivity index (χ4n) is 1.20. The molecule has 5 heteroatoms. The number of carbonyl (C=O) groups is 1. The van der Waals surface area contributed by atoms with Gasteiger partial charge in [0.1, 0.15) is 6.29 Å². The van der Waals surface area contributed by atoms with Gasteiger partial charge < -0.3 is 4.79 Å². The van der Waals surface area contributed by atoms with Crippen LogP contribution in [0.25, 0.3) is 0 Å². The fraction of sp³-hybridized carbons (Fsp3) is 0.375. The van der Waals surface area contributed by atoms with Gasteiger partial charge in [0, 0.05) is 11.1 Å². The number of hydrogen-bond donors (Lipinski definition) is 0. The number of rotatable bonds is 2. The molecule has 13 heavy (non-hydrogen) atoms. The summed E-state index contributed by atoms with van der Waals surface area (Å²) in [5.74, 6) is 0. The summed E-state index contributed by atoms with van der Waals surface area (Å²) < 4.78 is 0. The summed E-state index contributed by atoms with van der Waals surface area (Å²) in [7, 11) is 0. The Morgan fingerprint density at radius 1 is 1.77 bits per heavy atom. The van der Waals surface area contributed by atoms with Gasteiger partial charge in [-0.2, -0.15) is 0 Å². The zero-order chi connectivity index (χ0) is 10.1. The second-order valence-electron chi connectivity index (χ2n) is 3.22. The standard InChI is InChI=1S/C8H8ClNO3/c1-8(5-11)3-6(9)2-7(4-8)10(12)13/h2-3,5H,4H2,1H3. The molecule has 0 spiro atoms. The van der Waals surface area contributed by atoms with Crippen molar-refractivity contribution in [1.82, 2.24) is 0 Å². The largest absolute Gasteiger partial charge is 0.302 e. The van der Waals surface area contributed by atoms with E-state index in [9.17, 15) is 14.9 Å². The lowest BCUT2D eigenvalue weighted by Gasteiger charge is -2.20. The third-order valence-electron chi connectivity index (χ3n) is 1.84. The molecule has 0 bridgehead atoms. The monoisotopic (exact) mass is 201 g/mol. The van der Waals surface area contributed by atoms with Gasteiger partial charge >= 0.3 is 0 Å². The number of nitro groups is 1. The minimum Gasteiger partial charge on any atom is -0.302 e. The van der Waals surface area contributed by atoms with Gasteiger partial charge in [0.25, 0.3) is 0 Å². The van der Waals surface area contributed by atoms with Crippen LogP contribution in [0, 0.1) is 15.5 Å². The van der Waals surface area contributed by atoms with Crippen LogP contribution >= 0.6 is 11.6 Å². The number of hydrogen-bond acceptors (Lipinski definition) is 3. The van der Waals surface area contributed by atoms with E-state index in [1.807, 2.05) is 0 Å². The minimum atomic E-state index is -0.839. The van der Waals surface area contributed by atoms with Gasteiger partial charge in [0.15, 0.2) is 0 Å². The van der Waals surface area contributed by atoms with Gasteiger partial charge in [-0.3, -0.25) is 10.1 Å². The van der Waals surface area contributed by atoms with E-state index in [-0.39, 0.29) is 17.2 Å². The molecule has 0 aromatic heterocycles. The minimum absolute atomic E-state index is 0.0258. The first-order valence-electron chi connectivity index (χ1n) is 3.66. The lowest BCUT2D eigenvalue weighted by atomic mass is 9.84. The van der Waals surface area contributed by atoms with Crippen LogP contribution < -0.4 is 0 Å². The molecule has 0 amide bonds. The molecule has 0 saturated heterocycles. The van der Waals surface area contributed by atoms with E-state index >= 15 is 0 Å². The van der Waals surface area contributed by atoms with Gasteiger partial charge in [0.05, 0.1) is 16.8 Å².